The number of methoxy groups -OCH3 is 1. The van der Waals surface area contributed by atoms with E-state index in [2.05, 4.69) is 4.72 Å². The Morgan fingerprint density at radius 2 is 1.89 bits per heavy atom. The van der Waals surface area contributed by atoms with Gasteiger partial charge in [0.25, 0.3) is 0 Å². The van der Waals surface area contributed by atoms with Crippen LogP contribution in [0.2, 0.25) is 0 Å². The van der Waals surface area contributed by atoms with Crippen molar-refractivity contribution in [1.82, 2.24) is 4.72 Å². The summed E-state index contributed by atoms with van der Waals surface area (Å²) in [5.41, 5.74) is 0. The first-order valence-corrected chi connectivity index (χ1v) is 10.9. The molecule has 0 radical (unpaired) electrons. The first kappa shape index (κ1) is 20.1. The first-order valence-electron chi connectivity index (χ1n) is 8.59. The van der Waals surface area contributed by atoms with Gasteiger partial charge in [0.2, 0.25) is 10.0 Å². The summed E-state index contributed by atoms with van der Waals surface area (Å²) >= 11 is 1.66. The van der Waals surface area contributed by atoms with Crippen molar-refractivity contribution < 1.29 is 22.3 Å². The van der Waals surface area contributed by atoms with E-state index in [-0.39, 0.29) is 21.9 Å². The minimum atomic E-state index is -3.84. The molecule has 0 bridgehead atoms. The fourth-order valence-electron chi connectivity index (χ4n) is 2.92. The van der Waals surface area contributed by atoms with Gasteiger partial charge in [-0.15, -0.1) is 11.8 Å². The molecule has 146 valence electrons. The van der Waals surface area contributed by atoms with Gasteiger partial charge in [0.15, 0.2) is 11.6 Å². The number of hydrogen-bond acceptors (Lipinski definition) is 5. The van der Waals surface area contributed by atoms with Gasteiger partial charge in [-0.3, -0.25) is 0 Å². The molecule has 1 N–H and O–H groups in total. The minimum absolute atomic E-state index is 0.00878. The van der Waals surface area contributed by atoms with Gasteiger partial charge >= 0.3 is 0 Å². The molecule has 3 rings (SSSR count). The summed E-state index contributed by atoms with van der Waals surface area (Å²) in [4.78, 5) is 0.960. The van der Waals surface area contributed by atoms with Gasteiger partial charge < -0.3 is 9.47 Å². The van der Waals surface area contributed by atoms with Crippen LogP contribution in [0.15, 0.2) is 58.3 Å². The van der Waals surface area contributed by atoms with E-state index in [1.807, 2.05) is 30.3 Å². The van der Waals surface area contributed by atoms with Crippen LogP contribution in [0.4, 0.5) is 4.39 Å². The molecule has 0 aliphatic carbocycles. The third-order valence-corrected chi connectivity index (χ3v) is 7.39. The maximum atomic E-state index is 13.9. The second kappa shape index (κ2) is 8.60. The lowest BCUT2D eigenvalue weighted by molar-refractivity contribution is 0.0784. The first-order chi connectivity index (χ1) is 12.9. The van der Waals surface area contributed by atoms with E-state index in [9.17, 15) is 12.8 Å². The molecule has 1 aliphatic rings. The van der Waals surface area contributed by atoms with Crippen molar-refractivity contribution in [2.75, 3.05) is 26.9 Å². The number of thioether (sulfide) groups is 1. The zero-order valence-electron chi connectivity index (χ0n) is 15.0. The molecule has 0 atom stereocenters. The van der Waals surface area contributed by atoms with Gasteiger partial charge in [0.05, 0.1) is 12.0 Å². The average molecular weight is 412 g/mol. The van der Waals surface area contributed by atoms with Crippen LogP contribution < -0.4 is 9.46 Å². The molecule has 0 saturated carbocycles. The molecule has 1 saturated heterocycles. The Labute approximate surface area is 163 Å². The van der Waals surface area contributed by atoms with Crippen LogP contribution in [0.1, 0.15) is 12.8 Å². The molecule has 0 amide bonds. The van der Waals surface area contributed by atoms with Gasteiger partial charge in [-0.1, -0.05) is 18.2 Å². The summed E-state index contributed by atoms with van der Waals surface area (Å²) in [5, 5.41) is 0. The van der Waals surface area contributed by atoms with Crippen LogP contribution in [-0.2, 0) is 14.8 Å². The second-order valence-electron chi connectivity index (χ2n) is 6.33. The predicted octanol–water partition coefficient (Wildman–Crippen LogP) is 3.45. The number of hydrogen-bond donors (Lipinski definition) is 1. The fourth-order valence-corrected chi connectivity index (χ4v) is 5.46. The summed E-state index contributed by atoms with van der Waals surface area (Å²) in [5.74, 6) is -0.700. The maximum Gasteiger partial charge on any atom is 0.240 e. The molecule has 1 aliphatic heterocycles. The molecule has 2 aromatic rings. The van der Waals surface area contributed by atoms with Crippen molar-refractivity contribution in [3.05, 3.63) is 54.3 Å². The second-order valence-corrected chi connectivity index (χ2v) is 9.64. The molecule has 0 spiro atoms. The maximum absolute atomic E-state index is 13.9. The van der Waals surface area contributed by atoms with Crippen molar-refractivity contribution in [3.63, 3.8) is 0 Å². The smallest absolute Gasteiger partial charge is 0.240 e. The molecular formula is C19H22FNO4S2. The van der Waals surface area contributed by atoms with E-state index in [1.54, 1.807) is 11.8 Å². The van der Waals surface area contributed by atoms with Crippen LogP contribution in [0, 0.1) is 5.82 Å². The summed E-state index contributed by atoms with van der Waals surface area (Å²) in [6.45, 7) is 1.41. The number of halogens is 1. The fraction of sp³-hybridized carbons (Fsp3) is 0.368. The van der Waals surface area contributed by atoms with Crippen molar-refractivity contribution >= 4 is 21.8 Å². The number of benzene rings is 2. The predicted molar refractivity (Wildman–Crippen MR) is 103 cm³/mol. The molecule has 0 aromatic heterocycles. The molecule has 1 fully saturated rings. The summed E-state index contributed by atoms with van der Waals surface area (Å²) < 4.78 is 51.9. The Hall–Kier alpha value is -1.61. The molecule has 8 heteroatoms. The number of rotatable bonds is 7. The van der Waals surface area contributed by atoms with Crippen LogP contribution in [-0.4, -0.2) is 40.0 Å². The lowest BCUT2D eigenvalue weighted by Crippen LogP contribution is -2.44. The summed E-state index contributed by atoms with van der Waals surface area (Å²) in [7, 11) is -2.50. The van der Waals surface area contributed by atoms with Crippen LogP contribution >= 0.6 is 11.8 Å². The third-order valence-electron chi connectivity index (χ3n) is 4.50. The highest BCUT2D eigenvalue weighted by molar-refractivity contribution is 8.00. The van der Waals surface area contributed by atoms with E-state index < -0.39 is 15.8 Å². The van der Waals surface area contributed by atoms with E-state index in [1.165, 1.54) is 19.2 Å². The van der Waals surface area contributed by atoms with Crippen LogP contribution in [0.3, 0.4) is 0 Å². The Balaban J connectivity index is 1.77. The number of sulfonamides is 1. The van der Waals surface area contributed by atoms with Crippen molar-refractivity contribution in [2.24, 2.45) is 0 Å². The Morgan fingerprint density at radius 3 is 2.52 bits per heavy atom. The molecule has 2 aromatic carbocycles. The third kappa shape index (κ3) is 5.01. The van der Waals surface area contributed by atoms with Gasteiger partial charge in [-0.2, -0.15) is 0 Å². The Kier molecular flexibility index (Phi) is 6.41. The molecule has 0 unspecified atom stereocenters. The number of nitrogens with one attached hydrogen (secondary N) is 1. The van der Waals surface area contributed by atoms with E-state index >= 15 is 0 Å². The van der Waals surface area contributed by atoms with Crippen molar-refractivity contribution in [3.8, 4) is 5.75 Å². The van der Waals surface area contributed by atoms with E-state index in [0.717, 1.165) is 23.8 Å². The monoisotopic (exact) mass is 411 g/mol. The molecule has 27 heavy (non-hydrogen) atoms. The van der Waals surface area contributed by atoms with Crippen LogP contribution in [0.25, 0.3) is 0 Å². The Morgan fingerprint density at radius 1 is 1.19 bits per heavy atom. The molecule has 5 nitrogen and oxygen atoms in total. The topological polar surface area (TPSA) is 64.6 Å². The standard InChI is InChI=1S/C19H22FNO4S2/c1-24-18-8-7-16(13-17(18)20)27(22,23)21-14-19(9-11-25-12-10-19)26-15-5-3-2-4-6-15/h2-8,13,21H,9-12,14H2,1H3. The van der Waals surface area contributed by atoms with Gasteiger partial charge in [-0.25, -0.2) is 17.5 Å². The van der Waals surface area contributed by atoms with E-state index in [0.29, 0.717) is 13.2 Å². The van der Waals surface area contributed by atoms with Crippen molar-refractivity contribution in [1.29, 1.82) is 0 Å². The van der Waals surface area contributed by atoms with Crippen LogP contribution in [0.5, 0.6) is 5.75 Å². The minimum Gasteiger partial charge on any atom is -0.494 e. The SMILES string of the molecule is COc1ccc(S(=O)(=O)NCC2(Sc3ccccc3)CCOCC2)cc1F. The van der Waals surface area contributed by atoms with Crippen molar-refractivity contribution in [2.45, 2.75) is 27.4 Å². The lowest BCUT2D eigenvalue weighted by Gasteiger charge is -2.36. The number of ether oxygens (including phenoxy) is 2. The quantitative estimate of drug-likeness (QED) is 0.756. The summed E-state index contributed by atoms with van der Waals surface area (Å²) in [6, 6.07) is 13.5. The van der Waals surface area contributed by atoms with E-state index in [4.69, 9.17) is 9.47 Å². The highest BCUT2D eigenvalue weighted by Gasteiger charge is 2.35. The largest absolute Gasteiger partial charge is 0.494 e. The van der Waals surface area contributed by atoms with Gasteiger partial charge in [0, 0.05) is 29.4 Å². The molecule has 1 heterocycles. The lowest BCUT2D eigenvalue weighted by atomic mass is 9.99. The zero-order chi connectivity index (χ0) is 19.3. The highest BCUT2D eigenvalue weighted by Crippen LogP contribution is 2.40. The van der Waals surface area contributed by atoms with Gasteiger partial charge in [0.1, 0.15) is 0 Å². The normalized spacial score (nSPS) is 16.8. The highest BCUT2D eigenvalue weighted by atomic mass is 32.2. The molecular weight excluding hydrogens is 389 g/mol. The average Bonchev–Trinajstić information content (AvgIpc) is 2.68. The summed E-state index contributed by atoms with van der Waals surface area (Å²) in [6.07, 6.45) is 1.46. The Bertz CT molecular complexity index is 869. The van der Waals surface area contributed by atoms with Gasteiger partial charge in [-0.05, 0) is 43.2 Å². The zero-order valence-corrected chi connectivity index (χ0v) is 16.6.